The monoisotopic (exact) mass is 573 g/mol. The van der Waals surface area contributed by atoms with Gasteiger partial charge in [0.1, 0.15) is 5.76 Å². The molecule has 3 heterocycles. The topological polar surface area (TPSA) is 100 Å². The molecule has 1 saturated heterocycles. The Labute approximate surface area is 251 Å². The van der Waals surface area contributed by atoms with Gasteiger partial charge in [0, 0.05) is 17.2 Å². The van der Waals surface area contributed by atoms with Crippen molar-refractivity contribution in [3.63, 3.8) is 0 Å². The molecule has 3 rings (SSSR count). The summed E-state index contributed by atoms with van der Waals surface area (Å²) >= 11 is 0. The van der Waals surface area contributed by atoms with E-state index in [2.05, 4.69) is 59.1 Å². The van der Waals surface area contributed by atoms with E-state index in [9.17, 15) is 9.59 Å². The number of pyridine rings is 1. The second kappa shape index (κ2) is 15.4. The van der Waals surface area contributed by atoms with Gasteiger partial charge in [-0.25, -0.2) is 0 Å². The summed E-state index contributed by atoms with van der Waals surface area (Å²) in [7, 11) is 0. The number of anilines is 2. The van der Waals surface area contributed by atoms with Gasteiger partial charge < -0.3 is 15.2 Å². The lowest BCUT2D eigenvalue weighted by molar-refractivity contribution is -0.117. The van der Waals surface area contributed by atoms with E-state index in [4.69, 9.17) is 4.52 Å². The Morgan fingerprint density at radius 2 is 1.95 bits per heavy atom. The van der Waals surface area contributed by atoms with Crippen LogP contribution in [0.25, 0.3) is 5.57 Å². The number of amides is 2. The molecule has 226 valence electrons. The van der Waals surface area contributed by atoms with E-state index in [1.807, 2.05) is 33.8 Å². The lowest BCUT2D eigenvalue weighted by Crippen LogP contribution is -2.35. The number of carbonyl (C=O) groups is 2. The number of nitrogens with one attached hydrogen (secondary N) is 2. The Morgan fingerprint density at radius 3 is 2.57 bits per heavy atom. The van der Waals surface area contributed by atoms with Gasteiger partial charge in [0.15, 0.2) is 0 Å². The molecule has 1 aliphatic heterocycles. The summed E-state index contributed by atoms with van der Waals surface area (Å²) < 4.78 is 5.56. The predicted octanol–water partition coefficient (Wildman–Crippen LogP) is 7.33. The number of carbonyl (C=O) groups excluding carboxylic acids is 2. The molecule has 1 fully saturated rings. The van der Waals surface area contributed by atoms with E-state index >= 15 is 0 Å². The molecule has 0 aromatic carbocycles. The molecule has 0 aliphatic carbocycles. The molecule has 8 nitrogen and oxygen atoms in total. The SMILES string of the molecule is C=C(C)C(=C\C(=CC)C(=O)Nc1cc(NC(=O)CN2CCCC2C)cnc1C)/C=C(\CC)c1c(CCCC)noc1C. The molecular formula is C34H47N5O3. The van der Waals surface area contributed by atoms with E-state index in [0.717, 1.165) is 78.8 Å². The molecule has 2 aromatic heterocycles. The van der Waals surface area contributed by atoms with Crippen LogP contribution in [0.1, 0.15) is 89.4 Å². The van der Waals surface area contributed by atoms with Gasteiger partial charge in [-0.1, -0.05) is 49.7 Å². The molecule has 0 spiro atoms. The molecule has 1 aliphatic rings. The standard InChI is InChI=1S/C34H47N5O3/c1-9-12-15-30-33(25(8)42-38-30)26(10-2)17-28(22(4)5)18-27(11-3)34(41)37-31-19-29(20-35-24(31)7)36-32(40)21-39-16-13-14-23(39)6/h11,17-20,23H,4,9-10,12-16,21H2,1-3,5-8H3,(H,36,40)(H,37,41)/b26-17+,27-11?,28-18-. The van der Waals surface area contributed by atoms with E-state index in [-0.39, 0.29) is 11.8 Å². The maximum Gasteiger partial charge on any atom is 0.255 e. The lowest BCUT2D eigenvalue weighted by Gasteiger charge is -2.20. The Morgan fingerprint density at radius 1 is 1.19 bits per heavy atom. The molecule has 42 heavy (non-hydrogen) atoms. The van der Waals surface area contributed by atoms with Crippen LogP contribution in [-0.4, -0.2) is 46.0 Å². The lowest BCUT2D eigenvalue weighted by atomic mass is 9.94. The summed E-state index contributed by atoms with van der Waals surface area (Å²) in [6, 6.07) is 2.16. The van der Waals surface area contributed by atoms with E-state index in [0.29, 0.717) is 35.2 Å². The molecule has 8 heteroatoms. The highest BCUT2D eigenvalue weighted by atomic mass is 16.5. The largest absolute Gasteiger partial charge is 0.361 e. The van der Waals surface area contributed by atoms with Crippen molar-refractivity contribution in [1.82, 2.24) is 15.0 Å². The summed E-state index contributed by atoms with van der Waals surface area (Å²) in [4.78, 5) is 32.7. The van der Waals surface area contributed by atoms with Crippen LogP contribution in [0.2, 0.25) is 0 Å². The van der Waals surface area contributed by atoms with Gasteiger partial charge in [-0.05, 0) is 96.6 Å². The number of hydrogen-bond acceptors (Lipinski definition) is 6. The average molecular weight is 574 g/mol. The zero-order valence-corrected chi connectivity index (χ0v) is 26.4. The maximum absolute atomic E-state index is 13.4. The van der Waals surface area contributed by atoms with Crippen molar-refractivity contribution in [3.05, 3.63) is 76.5 Å². The first kappa shape index (κ1) is 32.7. The summed E-state index contributed by atoms with van der Waals surface area (Å²) in [5.74, 6) is 0.435. The van der Waals surface area contributed by atoms with Crippen molar-refractivity contribution in [2.45, 2.75) is 93.0 Å². The zero-order chi connectivity index (χ0) is 30.8. The third kappa shape index (κ3) is 8.61. The third-order valence-corrected chi connectivity index (χ3v) is 7.77. The molecule has 0 bridgehead atoms. The van der Waals surface area contributed by atoms with Crippen molar-refractivity contribution >= 4 is 28.8 Å². The molecule has 2 N–H and O–H groups in total. The van der Waals surface area contributed by atoms with E-state index in [1.165, 1.54) is 0 Å². The Hall–Kier alpha value is -3.78. The molecule has 2 amide bonds. The Balaban J connectivity index is 1.81. The van der Waals surface area contributed by atoms with Gasteiger partial charge in [0.25, 0.3) is 5.91 Å². The van der Waals surface area contributed by atoms with Crippen LogP contribution in [0.3, 0.4) is 0 Å². The number of unbranched alkanes of at least 4 members (excludes halogenated alkanes) is 1. The summed E-state index contributed by atoms with van der Waals surface area (Å²) in [5.41, 5.74) is 7.04. The smallest absolute Gasteiger partial charge is 0.255 e. The van der Waals surface area contributed by atoms with Crippen LogP contribution in [0.5, 0.6) is 0 Å². The third-order valence-electron chi connectivity index (χ3n) is 7.77. The number of nitrogens with zero attached hydrogens (tertiary/aromatic N) is 3. The maximum atomic E-state index is 13.4. The van der Waals surface area contributed by atoms with Crippen molar-refractivity contribution in [2.24, 2.45) is 0 Å². The van der Waals surface area contributed by atoms with Gasteiger partial charge in [-0.3, -0.25) is 19.5 Å². The quantitative estimate of drug-likeness (QED) is 0.192. The van der Waals surface area contributed by atoms with Crippen LogP contribution < -0.4 is 10.6 Å². The van der Waals surface area contributed by atoms with Gasteiger partial charge >= 0.3 is 0 Å². The molecule has 2 aromatic rings. The minimum absolute atomic E-state index is 0.0886. The highest BCUT2D eigenvalue weighted by molar-refractivity contribution is 6.06. The summed E-state index contributed by atoms with van der Waals surface area (Å²) in [6.07, 6.45) is 13.3. The second-order valence-electron chi connectivity index (χ2n) is 11.1. The molecule has 1 unspecified atom stereocenters. The van der Waals surface area contributed by atoms with Crippen molar-refractivity contribution in [1.29, 1.82) is 0 Å². The predicted molar refractivity (Wildman–Crippen MR) is 171 cm³/mol. The highest BCUT2D eigenvalue weighted by Crippen LogP contribution is 2.30. The summed E-state index contributed by atoms with van der Waals surface area (Å²) in [6.45, 7) is 19.4. The van der Waals surface area contributed by atoms with Crippen LogP contribution in [-0.2, 0) is 16.0 Å². The van der Waals surface area contributed by atoms with Crippen molar-refractivity contribution < 1.29 is 14.1 Å². The Kier molecular flexibility index (Phi) is 12.0. The molecule has 0 saturated carbocycles. The fourth-order valence-electron chi connectivity index (χ4n) is 5.15. The second-order valence-corrected chi connectivity index (χ2v) is 11.1. The van der Waals surface area contributed by atoms with Crippen LogP contribution in [0, 0.1) is 13.8 Å². The number of likely N-dealkylation sites (tertiary alicyclic amines) is 1. The first-order valence-electron chi connectivity index (χ1n) is 15.1. The normalized spacial score (nSPS) is 16.5. The minimum Gasteiger partial charge on any atom is -0.361 e. The fourth-order valence-corrected chi connectivity index (χ4v) is 5.15. The summed E-state index contributed by atoms with van der Waals surface area (Å²) in [5, 5.41) is 10.2. The van der Waals surface area contributed by atoms with Gasteiger partial charge in [-0.15, -0.1) is 0 Å². The first-order chi connectivity index (χ1) is 20.1. The first-order valence-corrected chi connectivity index (χ1v) is 15.1. The van der Waals surface area contributed by atoms with Gasteiger partial charge in [0.05, 0.1) is 35.5 Å². The minimum atomic E-state index is -0.272. The number of allylic oxidation sites excluding steroid dienone is 5. The van der Waals surface area contributed by atoms with Crippen molar-refractivity contribution in [2.75, 3.05) is 23.7 Å². The van der Waals surface area contributed by atoms with Crippen LogP contribution in [0.15, 0.2) is 58.3 Å². The number of aromatic nitrogens is 2. The zero-order valence-electron chi connectivity index (χ0n) is 26.4. The number of aryl methyl sites for hydroxylation is 3. The molecular weight excluding hydrogens is 526 g/mol. The van der Waals surface area contributed by atoms with Crippen LogP contribution in [0.4, 0.5) is 11.4 Å². The van der Waals surface area contributed by atoms with Gasteiger partial charge in [0.2, 0.25) is 5.91 Å². The number of rotatable bonds is 13. The van der Waals surface area contributed by atoms with Crippen molar-refractivity contribution in [3.8, 4) is 0 Å². The van der Waals surface area contributed by atoms with Gasteiger partial charge in [-0.2, -0.15) is 0 Å². The van der Waals surface area contributed by atoms with E-state index in [1.54, 1.807) is 18.3 Å². The molecule has 1 atom stereocenters. The Bertz CT molecular complexity index is 1380. The van der Waals surface area contributed by atoms with Crippen LogP contribution >= 0.6 is 0 Å². The average Bonchev–Trinajstić information content (AvgIpc) is 3.53. The van der Waals surface area contributed by atoms with E-state index < -0.39 is 0 Å². The molecule has 0 radical (unpaired) electrons. The number of hydrogen-bond donors (Lipinski definition) is 2. The fraction of sp³-hybridized carbons (Fsp3) is 0.471. The highest BCUT2D eigenvalue weighted by Gasteiger charge is 2.22.